The van der Waals surface area contributed by atoms with E-state index in [2.05, 4.69) is 0 Å². The molecule has 2 bridgehead atoms. The molecule has 0 aromatic heterocycles. The van der Waals surface area contributed by atoms with Crippen LogP contribution in [0, 0.1) is 0 Å². The highest BCUT2D eigenvalue weighted by molar-refractivity contribution is 5.80. The fourth-order valence-electron chi connectivity index (χ4n) is 5.58. The molecule has 1 unspecified atom stereocenters. The number of likely N-dealkylation sites (N-methyl/N-ethyl adjacent to an activating group) is 1. The second-order valence-electron chi connectivity index (χ2n) is 10.2. The van der Waals surface area contributed by atoms with E-state index in [4.69, 9.17) is 9.47 Å². The van der Waals surface area contributed by atoms with E-state index in [-0.39, 0.29) is 30.7 Å². The first-order chi connectivity index (χ1) is 17.7. The van der Waals surface area contributed by atoms with Gasteiger partial charge in [-0.15, -0.1) is 0 Å². The number of halogens is 6. The standard InChI is InChI=1S/C27H30F6N2O3/c1-18(19-11-21(26(28,29)30)13-22(12-19)27(31,32)33)38-17-25(20-7-5-4-6-8-20)10-9-24(16-37-3)15-35(25)14-23(36)34(24)2/h4-8,11-13,18H,9-10,14-17H2,1-3H3/t18-,24-,25-/m1/s1. The third-order valence-corrected chi connectivity index (χ3v) is 7.88. The van der Waals surface area contributed by atoms with Crippen molar-refractivity contribution in [3.8, 4) is 0 Å². The lowest BCUT2D eigenvalue weighted by molar-refractivity contribution is -0.172. The van der Waals surface area contributed by atoms with Crippen molar-refractivity contribution in [1.29, 1.82) is 0 Å². The first-order valence-corrected chi connectivity index (χ1v) is 12.2. The van der Waals surface area contributed by atoms with Gasteiger partial charge in [0.05, 0.1) is 48.1 Å². The predicted molar refractivity (Wildman–Crippen MR) is 127 cm³/mol. The quantitative estimate of drug-likeness (QED) is 0.423. The van der Waals surface area contributed by atoms with Gasteiger partial charge in [0.15, 0.2) is 0 Å². The number of carbonyl (C=O) groups excluding carboxylic acids is 1. The second-order valence-corrected chi connectivity index (χ2v) is 10.2. The van der Waals surface area contributed by atoms with Crippen molar-refractivity contribution in [1.82, 2.24) is 9.80 Å². The van der Waals surface area contributed by atoms with Gasteiger partial charge in [-0.3, -0.25) is 9.69 Å². The fraction of sp³-hybridized carbons (Fsp3) is 0.519. The molecule has 38 heavy (non-hydrogen) atoms. The summed E-state index contributed by atoms with van der Waals surface area (Å²) in [5, 5.41) is 0. The SMILES string of the molecule is COC[C@]12CC[C@@](CO[C@H](C)c3cc(C(F)(F)F)cc(C(F)(F)F)c3)(c3ccccc3)N(CC(=O)N1C)C2. The number of piperazine rings is 1. The molecule has 208 valence electrons. The zero-order valence-electron chi connectivity index (χ0n) is 21.3. The smallest absolute Gasteiger partial charge is 0.382 e. The Labute approximate surface area is 217 Å². The van der Waals surface area contributed by atoms with Crippen molar-refractivity contribution in [2.45, 2.75) is 49.3 Å². The molecule has 0 N–H and O–H groups in total. The summed E-state index contributed by atoms with van der Waals surface area (Å²) >= 11 is 0. The maximum Gasteiger partial charge on any atom is 0.416 e. The van der Waals surface area contributed by atoms with Crippen LogP contribution >= 0.6 is 0 Å². The highest BCUT2D eigenvalue weighted by Gasteiger charge is 2.55. The van der Waals surface area contributed by atoms with Crippen molar-refractivity contribution in [2.24, 2.45) is 0 Å². The number of ether oxygens (including phenoxy) is 2. The molecule has 2 aliphatic heterocycles. The minimum Gasteiger partial charge on any atom is -0.382 e. The number of methoxy groups -OCH3 is 1. The minimum absolute atomic E-state index is 0.0319. The van der Waals surface area contributed by atoms with Gasteiger partial charge in [-0.1, -0.05) is 30.3 Å². The van der Waals surface area contributed by atoms with Crippen molar-refractivity contribution in [3.05, 3.63) is 70.8 Å². The Hall–Kier alpha value is -2.63. The van der Waals surface area contributed by atoms with Crippen LogP contribution in [-0.4, -0.2) is 61.7 Å². The Morgan fingerprint density at radius 2 is 1.55 bits per heavy atom. The molecule has 11 heteroatoms. The summed E-state index contributed by atoms with van der Waals surface area (Å²) in [5.41, 5.74) is -3.50. The molecule has 2 aliphatic rings. The van der Waals surface area contributed by atoms with Gasteiger partial charge in [-0.05, 0) is 49.1 Å². The number of rotatable bonds is 7. The van der Waals surface area contributed by atoms with Crippen LogP contribution in [0.5, 0.6) is 0 Å². The lowest BCUT2D eigenvalue weighted by atomic mass is 9.72. The van der Waals surface area contributed by atoms with Crippen molar-refractivity contribution < 1.29 is 40.6 Å². The number of nitrogens with zero attached hydrogens (tertiary/aromatic N) is 2. The molecule has 5 nitrogen and oxygen atoms in total. The first kappa shape index (κ1) is 28.4. The number of alkyl halides is 6. The predicted octanol–water partition coefficient (Wildman–Crippen LogP) is 5.65. The van der Waals surface area contributed by atoms with Crippen LogP contribution in [0.1, 0.15) is 48.1 Å². The van der Waals surface area contributed by atoms with Gasteiger partial charge in [0.1, 0.15) is 0 Å². The Balaban J connectivity index is 1.68. The zero-order chi connectivity index (χ0) is 27.9. The Bertz CT molecular complexity index is 1120. The molecule has 0 saturated carbocycles. The molecular weight excluding hydrogens is 514 g/mol. The molecule has 4 rings (SSSR count). The highest BCUT2D eigenvalue weighted by Crippen LogP contribution is 2.46. The lowest BCUT2D eigenvalue weighted by Crippen LogP contribution is -2.73. The van der Waals surface area contributed by atoms with E-state index in [1.807, 2.05) is 35.2 Å². The van der Waals surface area contributed by atoms with Crippen LogP contribution in [0.2, 0.25) is 0 Å². The Kier molecular flexibility index (Phi) is 7.59. The van der Waals surface area contributed by atoms with E-state index in [1.165, 1.54) is 6.92 Å². The second kappa shape index (κ2) is 10.2. The van der Waals surface area contributed by atoms with Gasteiger partial charge in [0.25, 0.3) is 0 Å². The third-order valence-electron chi connectivity index (χ3n) is 7.88. The maximum absolute atomic E-state index is 13.4. The van der Waals surface area contributed by atoms with E-state index in [1.54, 1.807) is 19.1 Å². The average molecular weight is 545 g/mol. The largest absolute Gasteiger partial charge is 0.416 e. The number of hydrogen-bond acceptors (Lipinski definition) is 4. The number of hydrogen-bond donors (Lipinski definition) is 0. The summed E-state index contributed by atoms with van der Waals surface area (Å²) in [6, 6.07) is 10.8. The topological polar surface area (TPSA) is 42.0 Å². The van der Waals surface area contributed by atoms with E-state index in [9.17, 15) is 31.1 Å². The number of carbonyl (C=O) groups is 1. The molecule has 0 radical (unpaired) electrons. The van der Waals surface area contributed by atoms with Crippen LogP contribution in [0.4, 0.5) is 26.3 Å². The third kappa shape index (κ3) is 5.28. The lowest BCUT2D eigenvalue weighted by Gasteiger charge is -2.59. The van der Waals surface area contributed by atoms with Gasteiger partial charge < -0.3 is 14.4 Å². The average Bonchev–Trinajstić information content (AvgIpc) is 2.86. The van der Waals surface area contributed by atoms with Gasteiger partial charge in [0.2, 0.25) is 5.91 Å². The minimum atomic E-state index is -4.95. The molecule has 2 aromatic carbocycles. The summed E-state index contributed by atoms with van der Waals surface area (Å²) in [7, 11) is 3.32. The molecule has 2 fully saturated rings. The summed E-state index contributed by atoms with van der Waals surface area (Å²) in [6.45, 7) is 2.31. The Morgan fingerprint density at radius 1 is 0.947 bits per heavy atom. The van der Waals surface area contributed by atoms with Gasteiger partial charge in [0, 0.05) is 20.7 Å². The number of fused-ring (bicyclic) bond motifs is 2. The van der Waals surface area contributed by atoms with Gasteiger partial charge >= 0.3 is 12.4 Å². The molecule has 2 saturated heterocycles. The van der Waals surface area contributed by atoms with Crippen LogP contribution in [-0.2, 0) is 32.2 Å². The number of amides is 1. The molecular formula is C27H30F6N2O3. The summed E-state index contributed by atoms with van der Waals surface area (Å²) in [4.78, 5) is 16.7. The van der Waals surface area contributed by atoms with Crippen molar-refractivity contribution in [3.63, 3.8) is 0 Å². The monoisotopic (exact) mass is 544 g/mol. The fourth-order valence-corrected chi connectivity index (χ4v) is 5.58. The molecule has 4 atom stereocenters. The van der Waals surface area contributed by atoms with Gasteiger partial charge in [-0.2, -0.15) is 26.3 Å². The summed E-state index contributed by atoms with van der Waals surface area (Å²) in [5.74, 6) is -0.103. The maximum atomic E-state index is 13.4. The molecule has 0 spiro atoms. The van der Waals surface area contributed by atoms with E-state index >= 15 is 0 Å². The normalized spacial score (nSPS) is 26.9. The summed E-state index contributed by atoms with van der Waals surface area (Å²) in [6.07, 6.45) is -9.85. The highest BCUT2D eigenvalue weighted by atomic mass is 19.4. The van der Waals surface area contributed by atoms with Crippen LogP contribution in [0.15, 0.2) is 48.5 Å². The van der Waals surface area contributed by atoms with Crippen molar-refractivity contribution >= 4 is 5.91 Å². The molecule has 2 heterocycles. The van der Waals surface area contributed by atoms with Crippen LogP contribution in [0.25, 0.3) is 0 Å². The number of benzene rings is 2. The Morgan fingerprint density at radius 3 is 2.11 bits per heavy atom. The first-order valence-electron chi connectivity index (χ1n) is 12.2. The molecule has 1 amide bonds. The van der Waals surface area contributed by atoms with Crippen LogP contribution in [0.3, 0.4) is 0 Å². The van der Waals surface area contributed by atoms with Crippen molar-refractivity contribution in [2.75, 3.05) is 40.5 Å². The summed E-state index contributed by atoms with van der Waals surface area (Å²) < 4.78 is 92.0. The van der Waals surface area contributed by atoms with E-state index in [0.717, 1.165) is 5.56 Å². The van der Waals surface area contributed by atoms with Gasteiger partial charge in [-0.25, -0.2) is 0 Å². The molecule has 2 aromatic rings. The van der Waals surface area contributed by atoms with E-state index < -0.39 is 40.7 Å². The number of piperidine rings is 1. The van der Waals surface area contributed by atoms with E-state index in [0.29, 0.717) is 38.1 Å². The van der Waals surface area contributed by atoms with Crippen LogP contribution < -0.4 is 0 Å². The zero-order valence-corrected chi connectivity index (χ0v) is 21.3. The molecule has 0 aliphatic carbocycles.